The summed E-state index contributed by atoms with van der Waals surface area (Å²) < 4.78 is 6.68. The van der Waals surface area contributed by atoms with E-state index >= 15 is 0 Å². The number of hydrogen-bond donors (Lipinski definition) is 1. The Labute approximate surface area is 314 Å². The molecule has 6 rings (SSSR count). The number of hydrogen-bond acceptors (Lipinski definition) is 6. The number of nitrogens with zero attached hydrogens (tertiary/aromatic N) is 2. The number of carbonyl (C=O) groups excluding carboxylic acids is 1. The van der Waals surface area contributed by atoms with Crippen molar-refractivity contribution in [3.63, 3.8) is 0 Å². The van der Waals surface area contributed by atoms with Gasteiger partial charge in [-0.3, -0.25) is 9.78 Å². The molecular weight excluding hydrogens is 817 g/mol. The number of aromatic nitrogens is 2. The third kappa shape index (κ3) is 7.96. The predicted octanol–water partition coefficient (Wildman–Crippen LogP) is 12.7. The standard InChI is InChI=1S/C28H21N2OS.C15H28O2.Ir/c1-28(2,3)22-13-20(12-18-6-4-5-7-21(18)22)26-27-23(29-16-30-26)15-25(32-27)19-9-8-17-10-11-31-24(17)14-19;1-7-14(5,8-2)12(16)11-13(17)15(6,9-3)10-4;/h4-11,13-16H,1-3H3;11,16H,7-10H2,1-6H3;/q-1;;/b;12-11-;. The predicted molar refractivity (Wildman–Crippen MR) is 206 cm³/mol. The van der Waals surface area contributed by atoms with Crippen molar-refractivity contribution < 1.29 is 34.4 Å². The molecule has 50 heavy (non-hydrogen) atoms. The zero-order valence-electron chi connectivity index (χ0n) is 30.7. The molecule has 3 aromatic carbocycles. The molecule has 0 atom stereocenters. The molecule has 3 aromatic heterocycles. The summed E-state index contributed by atoms with van der Waals surface area (Å²) in [4.78, 5) is 22.6. The van der Waals surface area contributed by atoms with Gasteiger partial charge in [0.25, 0.3) is 0 Å². The van der Waals surface area contributed by atoms with E-state index in [4.69, 9.17) is 9.40 Å². The second-order valence-electron chi connectivity index (χ2n) is 14.5. The quantitative estimate of drug-likeness (QED) is 0.0890. The number of benzene rings is 3. The maximum atomic E-state index is 12.2. The Morgan fingerprint density at radius 3 is 2.22 bits per heavy atom. The van der Waals surface area contributed by atoms with E-state index in [0.717, 1.165) is 74.0 Å². The van der Waals surface area contributed by atoms with Gasteiger partial charge in [0, 0.05) is 57.7 Å². The van der Waals surface area contributed by atoms with Crippen LogP contribution in [-0.2, 0) is 30.3 Å². The van der Waals surface area contributed by atoms with E-state index < -0.39 is 0 Å². The summed E-state index contributed by atoms with van der Waals surface area (Å²) in [6.07, 6.45) is 8.14. The van der Waals surface area contributed by atoms with E-state index in [0.29, 0.717) is 0 Å². The van der Waals surface area contributed by atoms with Crippen LogP contribution in [0.2, 0.25) is 0 Å². The average molecular weight is 866 g/mol. The molecule has 0 unspecified atom stereocenters. The van der Waals surface area contributed by atoms with Gasteiger partial charge < -0.3 is 9.52 Å². The fourth-order valence-corrected chi connectivity index (χ4v) is 7.07. The third-order valence-electron chi connectivity index (χ3n) is 10.5. The van der Waals surface area contributed by atoms with Gasteiger partial charge in [0.05, 0.1) is 11.8 Å². The number of aliphatic hydroxyl groups is 1. The minimum Gasteiger partial charge on any atom is -0.512 e. The monoisotopic (exact) mass is 866 g/mol. The first-order chi connectivity index (χ1) is 23.3. The van der Waals surface area contributed by atoms with Gasteiger partial charge in [-0.1, -0.05) is 104 Å². The number of allylic oxidation sites excluding steroid dienone is 2. The fraction of sp³-hybridized carbons (Fsp3) is 0.372. The van der Waals surface area contributed by atoms with Crippen molar-refractivity contribution in [2.75, 3.05) is 0 Å². The molecule has 0 saturated heterocycles. The van der Waals surface area contributed by atoms with Crippen LogP contribution < -0.4 is 0 Å². The van der Waals surface area contributed by atoms with Crippen molar-refractivity contribution in [3.8, 4) is 21.7 Å². The molecular formula is C43H49IrN2O3S-. The molecule has 0 aliphatic carbocycles. The molecule has 6 aromatic rings. The van der Waals surface area contributed by atoms with Crippen molar-refractivity contribution >= 4 is 49.1 Å². The number of rotatable bonds is 9. The maximum Gasteiger partial charge on any atom is 0.164 e. The summed E-state index contributed by atoms with van der Waals surface area (Å²) >= 11 is 1.72. The Balaban J connectivity index is 0.000000269. The van der Waals surface area contributed by atoms with Crippen molar-refractivity contribution in [2.45, 2.75) is 93.4 Å². The van der Waals surface area contributed by atoms with Crippen molar-refractivity contribution in [1.29, 1.82) is 0 Å². The summed E-state index contributed by atoms with van der Waals surface area (Å²) in [6, 6.07) is 24.8. The van der Waals surface area contributed by atoms with Gasteiger partial charge in [0.1, 0.15) is 17.7 Å². The largest absolute Gasteiger partial charge is 0.512 e. The molecule has 0 saturated carbocycles. The molecule has 7 heteroatoms. The number of aliphatic hydroxyl groups excluding tert-OH is 1. The minimum absolute atomic E-state index is 0. The SMILES string of the molecule is CC(C)(C)c1cc(-c2ncnc3cc(-c4ccc5ccoc5c4)sc23)[c-]c2ccccc12.CCC(C)(CC)C(=O)/C=C(\O)C(C)(CC)CC.[Ir]. The number of ketones is 1. The normalized spacial score (nSPS) is 12.5. The second kappa shape index (κ2) is 15.7. The van der Waals surface area contributed by atoms with E-state index in [1.54, 1.807) is 23.9 Å². The van der Waals surface area contributed by atoms with Crippen LogP contribution in [0.5, 0.6) is 0 Å². The van der Waals surface area contributed by atoms with Crippen LogP contribution in [0.25, 0.3) is 53.7 Å². The van der Waals surface area contributed by atoms with Crippen LogP contribution in [0.4, 0.5) is 0 Å². The van der Waals surface area contributed by atoms with E-state index in [9.17, 15) is 9.90 Å². The molecule has 5 nitrogen and oxygen atoms in total. The zero-order valence-corrected chi connectivity index (χ0v) is 33.9. The van der Waals surface area contributed by atoms with Gasteiger partial charge in [0.2, 0.25) is 0 Å². The van der Waals surface area contributed by atoms with E-state index in [-0.39, 0.29) is 47.9 Å². The van der Waals surface area contributed by atoms with Gasteiger partial charge in [-0.25, -0.2) is 4.98 Å². The molecule has 0 aliphatic rings. The Morgan fingerprint density at radius 2 is 1.56 bits per heavy atom. The van der Waals surface area contributed by atoms with Gasteiger partial charge in [-0.2, -0.15) is 0 Å². The number of thiophene rings is 1. The topological polar surface area (TPSA) is 76.2 Å². The molecule has 0 aliphatic heterocycles. The molecule has 265 valence electrons. The molecule has 0 spiro atoms. The molecule has 1 N–H and O–H groups in total. The van der Waals surface area contributed by atoms with Crippen LogP contribution in [0, 0.1) is 16.9 Å². The van der Waals surface area contributed by atoms with Crippen LogP contribution in [0.3, 0.4) is 0 Å². The Kier molecular flexibility index (Phi) is 12.3. The smallest absolute Gasteiger partial charge is 0.164 e. The third-order valence-corrected chi connectivity index (χ3v) is 11.7. The van der Waals surface area contributed by atoms with Crippen LogP contribution in [0.1, 0.15) is 93.6 Å². The Morgan fingerprint density at radius 1 is 0.880 bits per heavy atom. The summed E-state index contributed by atoms with van der Waals surface area (Å²) in [5.41, 5.74) is 5.62. The number of furan rings is 1. The first-order valence-electron chi connectivity index (χ1n) is 17.4. The summed E-state index contributed by atoms with van der Waals surface area (Å²) in [5.74, 6) is 0.286. The summed E-state index contributed by atoms with van der Waals surface area (Å²) in [6.45, 7) is 18.8. The zero-order chi connectivity index (χ0) is 35.6. The molecule has 0 fully saturated rings. The first kappa shape index (κ1) is 39.2. The van der Waals surface area contributed by atoms with Crippen LogP contribution >= 0.6 is 11.3 Å². The van der Waals surface area contributed by atoms with E-state index in [1.165, 1.54) is 17.0 Å². The molecule has 0 bridgehead atoms. The van der Waals surface area contributed by atoms with Crippen LogP contribution in [0.15, 0.2) is 89.5 Å². The maximum absolute atomic E-state index is 12.2. The first-order valence-corrected chi connectivity index (χ1v) is 18.2. The van der Waals surface area contributed by atoms with Crippen LogP contribution in [-0.4, -0.2) is 20.9 Å². The Bertz CT molecular complexity index is 2130. The number of carbonyl (C=O) groups is 1. The van der Waals surface area contributed by atoms with Crippen molar-refractivity contribution in [3.05, 3.63) is 96.7 Å². The van der Waals surface area contributed by atoms with E-state index in [2.05, 4.69) is 86.4 Å². The number of fused-ring (bicyclic) bond motifs is 3. The molecule has 1 radical (unpaired) electrons. The van der Waals surface area contributed by atoms with Crippen molar-refractivity contribution in [2.24, 2.45) is 10.8 Å². The Hall–Kier alpha value is -3.64. The average Bonchev–Trinajstić information content (AvgIpc) is 3.77. The fourth-order valence-electron chi connectivity index (χ4n) is 5.96. The minimum atomic E-state index is -0.337. The van der Waals surface area contributed by atoms with Gasteiger partial charge in [-0.05, 0) is 54.9 Å². The van der Waals surface area contributed by atoms with Gasteiger partial charge in [-0.15, -0.1) is 40.5 Å². The van der Waals surface area contributed by atoms with Crippen molar-refractivity contribution in [1.82, 2.24) is 9.97 Å². The second-order valence-corrected chi connectivity index (χ2v) is 15.6. The molecule has 0 amide bonds. The van der Waals surface area contributed by atoms with Gasteiger partial charge >= 0.3 is 0 Å². The van der Waals surface area contributed by atoms with Gasteiger partial charge in [0.15, 0.2) is 5.78 Å². The van der Waals surface area contributed by atoms with E-state index in [1.807, 2.05) is 47.6 Å². The molecule has 3 heterocycles. The summed E-state index contributed by atoms with van der Waals surface area (Å²) in [7, 11) is 0. The summed E-state index contributed by atoms with van der Waals surface area (Å²) in [5, 5.41) is 13.6.